The van der Waals surface area contributed by atoms with E-state index in [0.717, 1.165) is 16.7 Å². The molecule has 0 spiro atoms. The van der Waals surface area contributed by atoms with Gasteiger partial charge in [0.2, 0.25) is 0 Å². The van der Waals surface area contributed by atoms with Crippen molar-refractivity contribution < 1.29 is 4.79 Å². The van der Waals surface area contributed by atoms with Gasteiger partial charge in [-0.15, -0.1) is 0 Å². The van der Waals surface area contributed by atoms with E-state index in [2.05, 4.69) is 20.3 Å². The normalized spacial score (nSPS) is 10.4. The first-order valence-electron chi connectivity index (χ1n) is 8.49. The van der Waals surface area contributed by atoms with Crippen LogP contribution in [-0.2, 0) is 0 Å². The van der Waals surface area contributed by atoms with Crippen LogP contribution in [0.1, 0.15) is 10.4 Å². The third kappa shape index (κ3) is 3.72. The molecule has 130 valence electrons. The Labute approximate surface area is 156 Å². The van der Waals surface area contributed by atoms with E-state index in [4.69, 9.17) is 0 Å². The number of anilines is 1. The van der Waals surface area contributed by atoms with Crippen molar-refractivity contribution in [3.8, 4) is 22.4 Å². The van der Waals surface area contributed by atoms with Gasteiger partial charge in [-0.25, -0.2) is 15.0 Å². The smallest absolute Gasteiger partial charge is 0.260 e. The Bertz CT molecular complexity index is 1050. The molecular formula is C22H16N4O. The van der Waals surface area contributed by atoms with Crippen LogP contribution in [0.3, 0.4) is 0 Å². The van der Waals surface area contributed by atoms with E-state index in [1.165, 1.54) is 12.5 Å². The maximum absolute atomic E-state index is 12.7. The van der Waals surface area contributed by atoms with Crippen molar-refractivity contribution in [2.24, 2.45) is 0 Å². The van der Waals surface area contributed by atoms with E-state index in [-0.39, 0.29) is 5.91 Å². The number of hydrogen-bond donors (Lipinski definition) is 1. The fraction of sp³-hybridized carbons (Fsp3) is 0. The Balaban J connectivity index is 1.57. The van der Waals surface area contributed by atoms with Gasteiger partial charge < -0.3 is 5.32 Å². The summed E-state index contributed by atoms with van der Waals surface area (Å²) in [6, 6.07) is 23.2. The summed E-state index contributed by atoms with van der Waals surface area (Å²) in [5.41, 5.74) is 3.91. The Morgan fingerprint density at radius 1 is 0.704 bits per heavy atom. The minimum Gasteiger partial charge on any atom is -0.306 e. The van der Waals surface area contributed by atoms with Crippen molar-refractivity contribution in [3.63, 3.8) is 0 Å². The van der Waals surface area contributed by atoms with Crippen LogP contribution in [0, 0.1) is 0 Å². The molecule has 0 bridgehead atoms. The molecule has 2 aromatic heterocycles. The molecule has 5 heteroatoms. The lowest BCUT2D eigenvalue weighted by Gasteiger charge is -2.09. The zero-order valence-electron chi connectivity index (χ0n) is 14.4. The van der Waals surface area contributed by atoms with Crippen LogP contribution in [0.2, 0.25) is 0 Å². The number of pyridine rings is 1. The van der Waals surface area contributed by atoms with E-state index in [1.54, 1.807) is 12.3 Å². The molecule has 1 amide bonds. The number of amides is 1. The Hall–Kier alpha value is -3.86. The summed E-state index contributed by atoms with van der Waals surface area (Å²) in [7, 11) is 0. The van der Waals surface area contributed by atoms with Crippen LogP contribution in [-0.4, -0.2) is 20.9 Å². The second-order valence-corrected chi connectivity index (χ2v) is 5.90. The molecule has 27 heavy (non-hydrogen) atoms. The van der Waals surface area contributed by atoms with Crippen molar-refractivity contribution in [3.05, 3.63) is 97.1 Å². The highest BCUT2D eigenvalue weighted by Crippen LogP contribution is 2.22. The second-order valence-electron chi connectivity index (χ2n) is 5.90. The first kappa shape index (κ1) is 16.6. The summed E-state index contributed by atoms with van der Waals surface area (Å²) in [6.45, 7) is 0. The van der Waals surface area contributed by atoms with Crippen molar-refractivity contribution in [2.75, 3.05) is 5.32 Å². The number of nitrogens with one attached hydrogen (secondary N) is 1. The summed E-state index contributed by atoms with van der Waals surface area (Å²) in [5.74, 6) is 0.178. The molecule has 4 rings (SSSR count). The summed E-state index contributed by atoms with van der Waals surface area (Å²) in [5, 5.41) is 2.82. The second kappa shape index (κ2) is 7.58. The molecule has 0 atom stereocenters. The SMILES string of the molecule is O=C(Nc1ccc(-c2ccccc2)cn1)c1cncnc1-c1ccccc1. The van der Waals surface area contributed by atoms with Crippen molar-refractivity contribution >= 4 is 11.7 Å². The van der Waals surface area contributed by atoms with Crippen molar-refractivity contribution in [1.82, 2.24) is 15.0 Å². The van der Waals surface area contributed by atoms with E-state index in [9.17, 15) is 4.79 Å². The molecule has 0 saturated heterocycles. The Morgan fingerprint density at radius 3 is 2.07 bits per heavy atom. The van der Waals surface area contributed by atoms with Gasteiger partial charge in [0.1, 0.15) is 12.1 Å². The standard InChI is InChI=1S/C22H16N4O/c27-22(19-14-23-15-25-21(19)17-9-5-2-6-10-17)26-20-12-11-18(13-24-20)16-7-3-1-4-8-16/h1-15H,(H,24,26,27). The average Bonchev–Trinajstić information content (AvgIpc) is 2.75. The molecule has 0 aliphatic heterocycles. The largest absolute Gasteiger partial charge is 0.306 e. The molecule has 0 radical (unpaired) electrons. The maximum atomic E-state index is 12.7. The van der Waals surface area contributed by atoms with Crippen LogP contribution >= 0.6 is 0 Å². The monoisotopic (exact) mass is 352 g/mol. The number of rotatable bonds is 4. The lowest BCUT2D eigenvalue weighted by molar-refractivity contribution is 0.102. The first-order chi connectivity index (χ1) is 13.3. The van der Waals surface area contributed by atoms with Crippen LogP contribution in [0.5, 0.6) is 0 Å². The minimum atomic E-state index is -0.297. The van der Waals surface area contributed by atoms with Crippen molar-refractivity contribution in [1.29, 1.82) is 0 Å². The molecular weight excluding hydrogens is 336 g/mol. The number of aromatic nitrogens is 3. The lowest BCUT2D eigenvalue weighted by atomic mass is 10.1. The summed E-state index contributed by atoms with van der Waals surface area (Å²) >= 11 is 0. The van der Waals surface area contributed by atoms with Crippen molar-refractivity contribution in [2.45, 2.75) is 0 Å². The van der Waals surface area contributed by atoms with E-state index in [0.29, 0.717) is 17.1 Å². The third-order valence-electron chi connectivity index (χ3n) is 4.12. The molecule has 0 aliphatic rings. The quantitative estimate of drug-likeness (QED) is 0.589. The number of carbonyl (C=O) groups excluding carboxylic acids is 1. The molecule has 0 fully saturated rings. The first-order valence-corrected chi connectivity index (χ1v) is 8.49. The third-order valence-corrected chi connectivity index (χ3v) is 4.12. The molecule has 4 aromatic rings. The molecule has 0 unspecified atom stereocenters. The predicted molar refractivity (Wildman–Crippen MR) is 105 cm³/mol. The number of nitrogens with zero attached hydrogens (tertiary/aromatic N) is 3. The highest BCUT2D eigenvalue weighted by atomic mass is 16.1. The maximum Gasteiger partial charge on any atom is 0.260 e. The van der Waals surface area contributed by atoms with E-state index >= 15 is 0 Å². The van der Waals surface area contributed by atoms with E-state index < -0.39 is 0 Å². The average molecular weight is 352 g/mol. The van der Waals surface area contributed by atoms with Gasteiger partial charge in [0.05, 0.1) is 11.3 Å². The fourth-order valence-electron chi connectivity index (χ4n) is 2.77. The van der Waals surface area contributed by atoms with E-state index in [1.807, 2.05) is 66.7 Å². The minimum absolute atomic E-state index is 0.297. The molecule has 1 N–H and O–H groups in total. The van der Waals surface area contributed by atoms with Crippen LogP contribution in [0.15, 0.2) is 91.5 Å². The lowest BCUT2D eigenvalue weighted by Crippen LogP contribution is -2.15. The number of benzene rings is 2. The topological polar surface area (TPSA) is 67.8 Å². The van der Waals surface area contributed by atoms with Crippen LogP contribution < -0.4 is 5.32 Å². The highest BCUT2D eigenvalue weighted by Gasteiger charge is 2.15. The Kier molecular flexibility index (Phi) is 4.66. The molecule has 2 heterocycles. The summed E-state index contributed by atoms with van der Waals surface area (Å²) in [4.78, 5) is 25.4. The summed E-state index contributed by atoms with van der Waals surface area (Å²) in [6.07, 6.45) is 4.69. The molecule has 2 aromatic carbocycles. The highest BCUT2D eigenvalue weighted by molar-refractivity contribution is 6.07. The molecule has 0 saturated carbocycles. The molecule has 0 aliphatic carbocycles. The van der Waals surface area contributed by atoms with Gasteiger partial charge >= 0.3 is 0 Å². The number of hydrogen-bond acceptors (Lipinski definition) is 4. The van der Waals surface area contributed by atoms with Gasteiger partial charge in [0.25, 0.3) is 5.91 Å². The van der Waals surface area contributed by atoms with Crippen LogP contribution in [0.4, 0.5) is 5.82 Å². The zero-order chi connectivity index (χ0) is 18.5. The predicted octanol–water partition coefficient (Wildman–Crippen LogP) is 4.46. The van der Waals surface area contributed by atoms with Gasteiger partial charge in [-0.1, -0.05) is 60.7 Å². The molecule has 5 nitrogen and oxygen atoms in total. The fourth-order valence-corrected chi connectivity index (χ4v) is 2.77. The van der Waals surface area contributed by atoms with Gasteiger partial charge in [-0.05, 0) is 17.7 Å². The summed E-state index contributed by atoms with van der Waals surface area (Å²) < 4.78 is 0. The van der Waals surface area contributed by atoms with Gasteiger partial charge in [0.15, 0.2) is 0 Å². The zero-order valence-corrected chi connectivity index (χ0v) is 14.4. The van der Waals surface area contributed by atoms with Gasteiger partial charge in [0, 0.05) is 23.5 Å². The Morgan fingerprint density at radius 2 is 1.41 bits per heavy atom. The van der Waals surface area contributed by atoms with Gasteiger partial charge in [-0.3, -0.25) is 4.79 Å². The van der Waals surface area contributed by atoms with Gasteiger partial charge in [-0.2, -0.15) is 0 Å². The van der Waals surface area contributed by atoms with Crippen LogP contribution in [0.25, 0.3) is 22.4 Å². The number of carbonyl (C=O) groups is 1.